The lowest BCUT2D eigenvalue weighted by Crippen LogP contribution is -2.23. The number of nitrogens with zero attached hydrogens (tertiary/aromatic N) is 1. The third-order valence-corrected chi connectivity index (χ3v) is 4.65. The normalized spacial score (nSPS) is 13.9. The van der Waals surface area contributed by atoms with Crippen molar-refractivity contribution in [2.24, 2.45) is 0 Å². The molecule has 0 amide bonds. The van der Waals surface area contributed by atoms with Crippen LogP contribution in [0.15, 0.2) is 36.4 Å². The van der Waals surface area contributed by atoms with Gasteiger partial charge >= 0.3 is 11.9 Å². The van der Waals surface area contributed by atoms with Crippen molar-refractivity contribution in [2.75, 3.05) is 20.7 Å². The molecular formula is C21H25NO6. The number of likely N-dealkylation sites (N-methyl/N-ethyl adjacent to an activating group) is 1. The van der Waals surface area contributed by atoms with Crippen LogP contribution in [0.4, 0.5) is 0 Å². The van der Waals surface area contributed by atoms with Crippen molar-refractivity contribution in [3.05, 3.63) is 58.7 Å². The van der Waals surface area contributed by atoms with Crippen LogP contribution in [0, 0.1) is 0 Å². The van der Waals surface area contributed by atoms with Gasteiger partial charge in [0.25, 0.3) is 0 Å². The smallest absolute Gasteiger partial charge is 0.414 e. The van der Waals surface area contributed by atoms with Gasteiger partial charge in [0.15, 0.2) is 0 Å². The molecule has 2 aromatic rings. The number of aromatic hydroxyl groups is 1. The van der Waals surface area contributed by atoms with Gasteiger partial charge in [-0.1, -0.05) is 12.1 Å². The number of aryl methyl sites for hydroxylation is 2. The first-order chi connectivity index (χ1) is 13.3. The van der Waals surface area contributed by atoms with E-state index >= 15 is 0 Å². The van der Waals surface area contributed by atoms with E-state index in [0.717, 1.165) is 38.1 Å². The zero-order valence-corrected chi connectivity index (χ0v) is 16.0. The van der Waals surface area contributed by atoms with E-state index in [2.05, 4.69) is 36.2 Å². The average molecular weight is 387 g/mol. The predicted octanol–water partition coefficient (Wildman–Crippen LogP) is 2.33. The molecule has 0 spiro atoms. The topological polar surface area (TPSA) is 107 Å². The Hall–Kier alpha value is -3.06. The van der Waals surface area contributed by atoms with Crippen molar-refractivity contribution in [1.82, 2.24) is 4.90 Å². The summed E-state index contributed by atoms with van der Waals surface area (Å²) < 4.78 is 5.37. The molecule has 7 nitrogen and oxygen atoms in total. The van der Waals surface area contributed by atoms with Gasteiger partial charge in [0, 0.05) is 13.1 Å². The molecule has 0 bridgehead atoms. The van der Waals surface area contributed by atoms with E-state index in [1.165, 1.54) is 22.3 Å². The van der Waals surface area contributed by atoms with Crippen molar-refractivity contribution in [2.45, 2.75) is 25.8 Å². The molecule has 0 aliphatic carbocycles. The highest BCUT2D eigenvalue weighted by molar-refractivity contribution is 6.27. The number of fused-ring (bicyclic) bond motifs is 2. The fraction of sp³-hybridized carbons (Fsp3) is 0.333. The molecule has 0 unspecified atom stereocenters. The highest BCUT2D eigenvalue weighted by atomic mass is 16.5. The molecular weight excluding hydrogens is 362 g/mol. The number of carboxylic acid groups (broad SMARTS) is 2. The van der Waals surface area contributed by atoms with Crippen LogP contribution >= 0.6 is 0 Å². The minimum Gasteiger partial charge on any atom is -0.508 e. The molecule has 28 heavy (non-hydrogen) atoms. The number of carboxylic acids is 2. The number of rotatable bonds is 1. The molecule has 1 aliphatic heterocycles. The standard InChI is InChI=1S/C19H23NO2.C2H2O4/c1-20-10-9-15-6-8-19(22-2)12-16(15)4-3-14-5-7-18(21)11-17(14)13-20;3-1(4)2(5)6/h5-8,11-12,21H,3-4,9-10,13H2,1-2H3;(H,3,4)(H,5,6). The molecule has 0 saturated heterocycles. The van der Waals surface area contributed by atoms with Gasteiger partial charge in [-0.15, -0.1) is 0 Å². The van der Waals surface area contributed by atoms with Crippen LogP contribution in [0.25, 0.3) is 0 Å². The Morgan fingerprint density at radius 2 is 1.50 bits per heavy atom. The van der Waals surface area contributed by atoms with Crippen molar-refractivity contribution >= 4 is 11.9 Å². The first-order valence-electron chi connectivity index (χ1n) is 8.91. The number of carbonyl (C=O) groups is 2. The first kappa shape index (κ1) is 21.2. The molecule has 7 heteroatoms. The Labute approximate surface area is 163 Å². The average Bonchev–Trinajstić information content (AvgIpc) is 2.66. The van der Waals surface area contributed by atoms with Gasteiger partial charge in [-0.3, -0.25) is 0 Å². The fourth-order valence-corrected chi connectivity index (χ4v) is 3.16. The SMILES string of the molecule is COc1ccc2c(c1)CCc1ccc(O)cc1CN(C)CC2.O=C(O)C(=O)O. The summed E-state index contributed by atoms with van der Waals surface area (Å²) in [6, 6.07) is 12.2. The number of phenols is 1. The summed E-state index contributed by atoms with van der Waals surface area (Å²) in [4.78, 5) is 20.5. The predicted molar refractivity (Wildman–Crippen MR) is 104 cm³/mol. The maximum atomic E-state index is 9.75. The second-order valence-corrected chi connectivity index (χ2v) is 6.69. The van der Waals surface area contributed by atoms with Crippen LogP contribution in [0.3, 0.4) is 0 Å². The second kappa shape index (κ2) is 9.75. The summed E-state index contributed by atoms with van der Waals surface area (Å²) in [7, 11) is 3.85. The van der Waals surface area contributed by atoms with Gasteiger partial charge < -0.3 is 25.0 Å². The largest absolute Gasteiger partial charge is 0.508 e. The molecule has 0 aromatic heterocycles. The number of aliphatic carboxylic acids is 2. The lowest BCUT2D eigenvalue weighted by atomic mass is 9.94. The quantitative estimate of drug-likeness (QED) is 0.645. The highest BCUT2D eigenvalue weighted by Gasteiger charge is 2.13. The molecule has 3 N–H and O–H groups in total. The summed E-state index contributed by atoms with van der Waals surface area (Å²) in [5.41, 5.74) is 5.33. The monoisotopic (exact) mass is 387 g/mol. The minimum absolute atomic E-state index is 0.353. The van der Waals surface area contributed by atoms with Crippen molar-refractivity contribution in [3.8, 4) is 11.5 Å². The zero-order chi connectivity index (χ0) is 20.7. The Balaban J connectivity index is 0.000000409. The number of benzene rings is 2. The molecule has 2 aromatic carbocycles. The minimum atomic E-state index is -1.82. The Morgan fingerprint density at radius 1 is 0.893 bits per heavy atom. The fourth-order valence-electron chi connectivity index (χ4n) is 3.16. The summed E-state index contributed by atoms with van der Waals surface area (Å²) in [6.07, 6.45) is 3.04. The molecule has 1 aliphatic rings. The molecule has 1 heterocycles. The highest BCUT2D eigenvalue weighted by Crippen LogP contribution is 2.25. The third kappa shape index (κ3) is 5.99. The molecule has 0 atom stereocenters. The maximum absolute atomic E-state index is 9.75. The van der Waals surface area contributed by atoms with Gasteiger partial charge in [-0.25, -0.2) is 9.59 Å². The van der Waals surface area contributed by atoms with Gasteiger partial charge in [0.1, 0.15) is 11.5 Å². The van der Waals surface area contributed by atoms with Gasteiger partial charge in [-0.05, 0) is 72.8 Å². The Morgan fingerprint density at radius 3 is 2.14 bits per heavy atom. The molecule has 3 rings (SSSR count). The summed E-state index contributed by atoms with van der Waals surface area (Å²) in [5.74, 6) is -2.37. The number of methoxy groups -OCH3 is 1. The molecule has 0 fully saturated rings. The number of phenolic OH excluding ortho intramolecular Hbond substituents is 1. The van der Waals surface area contributed by atoms with Crippen molar-refractivity contribution < 1.29 is 29.6 Å². The lowest BCUT2D eigenvalue weighted by Gasteiger charge is -2.22. The van der Waals surface area contributed by atoms with E-state index < -0.39 is 11.9 Å². The number of hydrogen-bond donors (Lipinski definition) is 3. The molecule has 150 valence electrons. The van der Waals surface area contributed by atoms with Crippen LogP contribution in [0.1, 0.15) is 22.3 Å². The summed E-state index contributed by atoms with van der Waals surface area (Å²) >= 11 is 0. The van der Waals surface area contributed by atoms with Gasteiger partial charge in [0.2, 0.25) is 0 Å². The van der Waals surface area contributed by atoms with E-state index in [1.54, 1.807) is 13.2 Å². The zero-order valence-electron chi connectivity index (χ0n) is 16.0. The van der Waals surface area contributed by atoms with Crippen molar-refractivity contribution in [3.63, 3.8) is 0 Å². The van der Waals surface area contributed by atoms with Gasteiger partial charge in [0.05, 0.1) is 7.11 Å². The second-order valence-electron chi connectivity index (χ2n) is 6.69. The first-order valence-corrected chi connectivity index (χ1v) is 8.91. The molecule has 0 radical (unpaired) electrons. The summed E-state index contributed by atoms with van der Waals surface area (Å²) in [5, 5.41) is 24.5. The summed E-state index contributed by atoms with van der Waals surface area (Å²) in [6.45, 7) is 1.89. The van der Waals surface area contributed by atoms with E-state index in [1.807, 2.05) is 6.07 Å². The van der Waals surface area contributed by atoms with Crippen LogP contribution in [0.2, 0.25) is 0 Å². The van der Waals surface area contributed by atoms with E-state index in [0.29, 0.717) is 5.75 Å². The van der Waals surface area contributed by atoms with E-state index in [4.69, 9.17) is 24.5 Å². The Bertz CT molecular complexity index is 837. The lowest BCUT2D eigenvalue weighted by molar-refractivity contribution is -0.159. The van der Waals surface area contributed by atoms with Crippen LogP contribution < -0.4 is 4.74 Å². The number of hydrogen-bond acceptors (Lipinski definition) is 5. The van der Waals surface area contributed by atoms with Gasteiger partial charge in [-0.2, -0.15) is 0 Å². The third-order valence-electron chi connectivity index (χ3n) is 4.65. The van der Waals surface area contributed by atoms with Crippen LogP contribution in [-0.4, -0.2) is 52.9 Å². The van der Waals surface area contributed by atoms with Crippen LogP contribution in [0.5, 0.6) is 11.5 Å². The Kier molecular flexibility index (Phi) is 7.40. The van der Waals surface area contributed by atoms with Crippen LogP contribution in [-0.2, 0) is 35.4 Å². The maximum Gasteiger partial charge on any atom is 0.414 e. The number of ether oxygens (including phenoxy) is 1. The van der Waals surface area contributed by atoms with Crippen molar-refractivity contribution in [1.29, 1.82) is 0 Å². The molecule has 0 saturated carbocycles. The van der Waals surface area contributed by atoms with E-state index in [-0.39, 0.29) is 0 Å². The van der Waals surface area contributed by atoms with E-state index in [9.17, 15) is 5.11 Å².